The van der Waals surface area contributed by atoms with E-state index in [2.05, 4.69) is 22.1 Å². The molecular formula is C19H34N2. The van der Waals surface area contributed by atoms with Crippen LogP contribution in [0.1, 0.15) is 66.5 Å². The van der Waals surface area contributed by atoms with Crippen molar-refractivity contribution in [3.8, 4) is 0 Å². The van der Waals surface area contributed by atoms with Crippen LogP contribution in [0.25, 0.3) is 0 Å². The maximum absolute atomic E-state index is 4.06. The molecule has 0 saturated heterocycles. The number of hydrogen-bond donors (Lipinski definition) is 0. The molecule has 0 aromatic carbocycles. The average molecular weight is 290 g/mol. The van der Waals surface area contributed by atoms with Crippen LogP contribution in [0.5, 0.6) is 0 Å². The number of hydrogen-bond acceptors (Lipinski definition) is 2. The molecular weight excluding hydrogens is 256 g/mol. The summed E-state index contributed by atoms with van der Waals surface area (Å²) in [4.78, 5) is 8.12. The molecule has 120 valence electrons. The van der Waals surface area contributed by atoms with E-state index in [1.807, 2.05) is 79.9 Å². The van der Waals surface area contributed by atoms with E-state index in [0.29, 0.717) is 0 Å². The van der Waals surface area contributed by atoms with E-state index in [-0.39, 0.29) is 0 Å². The van der Waals surface area contributed by atoms with Gasteiger partial charge in [0.1, 0.15) is 0 Å². The first-order valence-electron chi connectivity index (χ1n) is 8.23. The van der Waals surface area contributed by atoms with Crippen LogP contribution >= 0.6 is 0 Å². The molecule has 2 heteroatoms. The molecule has 2 aromatic heterocycles. The normalized spacial score (nSPS) is 7.24. The highest BCUT2D eigenvalue weighted by molar-refractivity contribution is 5.20. The van der Waals surface area contributed by atoms with Crippen molar-refractivity contribution < 1.29 is 0 Å². The van der Waals surface area contributed by atoms with Crippen molar-refractivity contribution in [3.63, 3.8) is 0 Å². The quantitative estimate of drug-likeness (QED) is 0.660. The predicted molar refractivity (Wildman–Crippen MR) is 96.7 cm³/mol. The van der Waals surface area contributed by atoms with Crippen molar-refractivity contribution in [2.75, 3.05) is 0 Å². The zero-order valence-electron chi connectivity index (χ0n) is 15.2. The van der Waals surface area contributed by atoms with E-state index < -0.39 is 0 Å². The Bertz CT molecular complexity index is 320. The molecule has 0 fully saturated rings. The van der Waals surface area contributed by atoms with Crippen LogP contribution in [-0.2, 0) is 6.42 Å². The van der Waals surface area contributed by atoms with Crippen molar-refractivity contribution in [2.45, 2.75) is 61.8 Å². The second-order valence-corrected chi connectivity index (χ2v) is 2.90. The fraction of sp³-hybridized carbons (Fsp3) is 0.474. The lowest BCUT2D eigenvalue weighted by atomic mass is 10.1. The predicted octanol–water partition coefficient (Wildman–Crippen LogP) is 6.17. The second-order valence-electron chi connectivity index (χ2n) is 2.90. The maximum atomic E-state index is 4.06. The van der Waals surface area contributed by atoms with E-state index in [9.17, 15) is 0 Å². The first-order valence-corrected chi connectivity index (χ1v) is 8.23. The molecule has 0 spiro atoms. The van der Waals surface area contributed by atoms with Crippen LogP contribution in [0, 0.1) is 0 Å². The first-order chi connectivity index (χ1) is 10.4. The van der Waals surface area contributed by atoms with Crippen LogP contribution in [0.4, 0.5) is 0 Å². The summed E-state index contributed by atoms with van der Waals surface area (Å²) < 4.78 is 0. The largest absolute Gasteiger partial charge is 0.264 e. The third-order valence-electron chi connectivity index (χ3n) is 1.85. The van der Waals surface area contributed by atoms with Crippen molar-refractivity contribution in [1.82, 2.24) is 9.97 Å². The molecule has 0 bridgehead atoms. The van der Waals surface area contributed by atoms with E-state index in [1.54, 1.807) is 12.4 Å². The van der Waals surface area contributed by atoms with Gasteiger partial charge in [0, 0.05) is 31.2 Å². The van der Waals surface area contributed by atoms with Gasteiger partial charge in [-0.1, -0.05) is 67.5 Å². The Kier molecular flexibility index (Phi) is 27.1. The summed E-state index contributed by atoms with van der Waals surface area (Å²) in [7, 11) is 0. The van der Waals surface area contributed by atoms with E-state index in [1.165, 1.54) is 11.1 Å². The fourth-order valence-corrected chi connectivity index (χ4v) is 1.24. The molecule has 0 aliphatic rings. The molecule has 0 amide bonds. The van der Waals surface area contributed by atoms with Crippen LogP contribution in [-0.4, -0.2) is 9.97 Å². The molecule has 0 aliphatic carbocycles. The van der Waals surface area contributed by atoms with Crippen LogP contribution in [0.3, 0.4) is 0 Å². The minimum absolute atomic E-state index is 0.904. The summed E-state index contributed by atoms with van der Waals surface area (Å²) in [6, 6.07) is 8.04. The molecule has 2 heterocycles. The van der Waals surface area contributed by atoms with Crippen LogP contribution < -0.4 is 0 Å². The molecule has 0 aliphatic heterocycles. The van der Waals surface area contributed by atoms with Gasteiger partial charge >= 0.3 is 0 Å². The maximum Gasteiger partial charge on any atom is 0.0303 e. The highest BCUT2D eigenvalue weighted by atomic mass is 14.6. The van der Waals surface area contributed by atoms with Gasteiger partial charge in [-0.15, -0.1) is 0 Å². The summed E-state index contributed by atoms with van der Waals surface area (Å²) >= 11 is 0. The van der Waals surface area contributed by atoms with Gasteiger partial charge in [-0.05, 0) is 23.3 Å². The molecule has 0 radical (unpaired) electrons. The first kappa shape index (κ1) is 24.3. The summed E-state index contributed by atoms with van der Waals surface area (Å²) in [5.74, 6) is 0. The zero-order chi connectivity index (χ0) is 16.9. The number of nitrogens with zero attached hydrogens (tertiary/aromatic N) is 2. The number of aromatic nitrogens is 2. The van der Waals surface area contributed by atoms with Crippen molar-refractivity contribution in [2.24, 2.45) is 0 Å². The van der Waals surface area contributed by atoms with Gasteiger partial charge in [-0.2, -0.15) is 0 Å². The molecule has 0 N–H and O–H groups in total. The summed E-state index contributed by atoms with van der Waals surface area (Å²) in [6.07, 6.45) is 8.24. The number of rotatable bonds is 2. The molecule has 2 nitrogen and oxygen atoms in total. The lowest BCUT2D eigenvalue weighted by Crippen LogP contribution is -1.88. The topological polar surface area (TPSA) is 25.8 Å². The SMILES string of the molecule is CC.CC.CC.CC.c1cncc(Cc2cccnc2)c1. The van der Waals surface area contributed by atoms with E-state index in [0.717, 1.165) is 6.42 Å². The Balaban J connectivity index is -0.000000353. The third kappa shape index (κ3) is 14.5. The van der Waals surface area contributed by atoms with Crippen molar-refractivity contribution in [1.29, 1.82) is 0 Å². The molecule has 2 rings (SSSR count). The van der Waals surface area contributed by atoms with Crippen molar-refractivity contribution in [3.05, 3.63) is 60.2 Å². The third-order valence-corrected chi connectivity index (χ3v) is 1.85. The highest BCUT2D eigenvalue weighted by Gasteiger charge is 1.94. The summed E-state index contributed by atoms with van der Waals surface area (Å²) in [5, 5.41) is 0. The van der Waals surface area contributed by atoms with Gasteiger partial charge in [-0.25, -0.2) is 0 Å². The van der Waals surface area contributed by atoms with Gasteiger partial charge in [0.2, 0.25) is 0 Å². The lowest BCUT2D eigenvalue weighted by molar-refractivity contribution is 1.12. The Labute approximate surface area is 132 Å². The number of pyridine rings is 2. The molecule has 0 atom stereocenters. The minimum atomic E-state index is 0.904. The summed E-state index contributed by atoms with van der Waals surface area (Å²) in [5.41, 5.74) is 2.44. The van der Waals surface area contributed by atoms with Gasteiger partial charge in [0.25, 0.3) is 0 Å². The zero-order valence-corrected chi connectivity index (χ0v) is 15.2. The van der Waals surface area contributed by atoms with Crippen LogP contribution in [0.2, 0.25) is 0 Å². The molecule has 2 aromatic rings. The monoisotopic (exact) mass is 290 g/mol. The smallest absolute Gasteiger partial charge is 0.0303 e. The second kappa shape index (κ2) is 23.4. The molecule has 0 saturated carbocycles. The Morgan fingerprint density at radius 1 is 0.619 bits per heavy atom. The van der Waals surface area contributed by atoms with Crippen molar-refractivity contribution >= 4 is 0 Å². The fourth-order valence-electron chi connectivity index (χ4n) is 1.24. The van der Waals surface area contributed by atoms with E-state index in [4.69, 9.17) is 0 Å². The molecule has 21 heavy (non-hydrogen) atoms. The summed E-state index contributed by atoms with van der Waals surface area (Å²) in [6.45, 7) is 16.0. The van der Waals surface area contributed by atoms with Gasteiger partial charge in [0.05, 0.1) is 0 Å². The standard InChI is InChI=1S/C11H10N2.4C2H6/c1-3-10(8-12-5-1)7-11-4-2-6-13-9-11;4*1-2/h1-6,8-9H,7H2;4*1-2H3. The average Bonchev–Trinajstić information content (AvgIpc) is 2.64. The lowest BCUT2D eigenvalue weighted by Gasteiger charge is -1.98. The van der Waals surface area contributed by atoms with E-state index >= 15 is 0 Å². The van der Waals surface area contributed by atoms with Crippen LogP contribution in [0.15, 0.2) is 49.1 Å². The molecule has 0 unspecified atom stereocenters. The van der Waals surface area contributed by atoms with Gasteiger partial charge in [-0.3, -0.25) is 9.97 Å². The van der Waals surface area contributed by atoms with Gasteiger partial charge < -0.3 is 0 Å². The Morgan fingerprint density at radius 2 is 0.952 bits per heavy atom. The highest BCUT2D eigenvalue weighted by Crippen LogP contribution is 2.05. The Hall–Kier alpha value is -1.70. The minimum Gasteiger partial charge on any atom is -0.264 e. The Morgan fingerprint density at radius 3 is 1.19 bits per heavy atom. The van der Waals surface area contributed by atoms with Gasteiger partial charge in [0.15, 0.2) is 0 Å².